The molecule has 6 heteroatoms. The van der Waals surface area contributed by atoms with Gasteiger partial charge in [-0.25, -0.2) is 0 Å². The molecular weight excluding hydrogens is 340 g/mol. The Hall–Kier alpha value is -2.21. The summed E-state index contributed by atoms with van der Waals surface area (Å²) in [7, 11) is 0. The van der Waals surface area contributed by atoms with Gasteiger partial charge in [0.2, 0.25) is 17.6 Å². The lowest BCUT2D eigenvalue weighted by atomic mass is 9.96. The van der Waals surface area contributed by atoms with Crippen molar-refractivity contribution in [2.75, 3.05) is 32.7 Å². The molecule has 0 radical (unpaired) electrons. The van der Waals surface area contributed by atoms with Crippen LogP contribution >= 0.6 is 0 Å². The molecule has 0 unspecified atom stereocenters. The minimum Gasteiger partial charge on any atom is -0.342 e. The number of piperidine rings is 1. The van der Waals surface area contributed by atoms with Crippen LogP contribution in [0.2, 0.25) is 0 Å². The first-order valence-electron chi connectivity index (χ1n) is 10.1. The van der Waals surface area contributed by atoms with Crippen LogP contribution in [0, 0.1) is 0 Å². The number of carbonyl (C=O) groups excluding carboxylic acids is 1. The molecule has 1 amide bonds. The first kappa shape index (κ1) is 19.5. The topological polar surface area (TPSA) is 62.5 Å². The number of likely N-dealkylation sites (tertiary alicyclic amines) is 1. The molecule has 2 aromatic rings. The highest BCUT2D eigenvalue weighted by molar-refractivity contribution is 5.78. The lowest BCUT2D eigenvalue weighted by molar-refractivity contribution is -0.132. The van der Waals surface area contributed by atoms with Crippen molar-refractivity contribution in [2.24, 2.45) is 0 Å². The van der Waals surface area contributed by atoms with Crippen LogP contribution in [0.3, 0.4) is 0 Å². The number of benzene rings is 1. The Balaban J connectivity index is 1.52. The van der Waals surface area contributed by atoms with Gasteiger partial charge in [-0.3, -0.25) is 9.69 Å². The number of nitrogens with zero attached hydrogens (tertiary/aromatic N) is 4. The second kappa shape index (κ2) is 9.65. The van der Waals surface area contributed by atoms with Crippen LogP contribution in [0.15, 0.2) is 34.9 Å². The molecule has 1 aromatic heterocycles. The fourth-order valence-electron chi connectivity index (χ4n) is 3.64. The number of aromatic nitrogens is 2. The number of hydrogen-bond donors (Lipinski definition) is 0. The Kier molecular flexibility index (Phi) is 6.98. The number of amides is 1. The second-order valence-corrected chi connectivity index (χ2v) is 7.25. The van der Waals surface area contributed by atoms with Gasteiger partial charge < -0.3 is 9.42 Å². The summed E-state index contributed by atoms with van der Waals surface area (Å²) in [5.41, 5.74) is 0.975. The molecule has 0 N–H and O–H groups in total. The zero-order valence-electron chi connectivity index (χ0n) is 16.4. The van der Waals surface area contributed by atoms with E-state index in [4.69, 9.17) is 4.52 Å². The smallest absolute Gasteiger partial charge is 0.236 e. The lowest BCUT2D eigenvalue weighted by Crippen LogP contribution is -2.43. The van der Waals surface area contributed by atoms with Gasteiger partial charge in [0.05, 0.1) is 6.54 Å². The van der Waals surface area contributed by atoms with Gasteiger partial charge in [0, 0.05) is 24.6 Å². The second-order valence-electron chi connectivity index (χ2n) is 7.25. The molecule has 0 bridgehead atoms. The molecule has 1 aliphatic heterocycles. The highest BCUT2D eigenvalue weighted by Crippen LogP contribution is 2.28. The molecule has 0 aliphatic carbocycles. The van der Waals surface area contributed by atoms with Crippen LogP contribution in [-0.2, 0) is 4.79 Å². The third-order valence-corrected chi connectivity index (χ3v) is 5.11. The maximum Gasteiger partial charge on any atom is 0.236 e. The van der Waals surface area contributed by atoms with E-state index in [9.17, 15) is 4.79 Å². The predicted molar refractivity (Wildman–Crippen MR) is 105 cm³/mol. The van der Waals surface area contributed by atoms with Gasteiger partial charge in [-0.15, -0.1) is 0 Å². The van der Waals surface area contributed by atoms with E-state index in [-0.39, 0.29) is 11.8 Å². The largest absolute Gasteiger partial charge is 0.342 e. The molecule has 0 saturated carbocycles. The Morgan fingerprint density at radius 2 is 1.81 bits per heavy atom. The third-order valence-electron chi connectivity index (χ3n) is 5.11. The molecule has 0 spiro atoms. The molecule has 6 nitrogen and oxygen atoms in total. The van der Waals surface area contributed by atoms with Gasteiger partial charge in [0.15, 0.2) is 0 Å². The zero-order valence-corrected chi connectivity index (χ0v) is 16.4. The van der Waals surface area contributed by atoms with Crippen molar-refractivity contribution in [3.8, 4) is 11.4 Å². The molecule has 1 aliphatic rings. The minimum absolute atomic E-state index is 0.251. The first-order chi connectivity index (χ1) is 13.2. The number of carbonyl (C=O) groups is 1. The number of rotatable bonds is 8. The summed E-state index contributed by atoms with van der Waals surface area (Å²) in [6.45, 7) is 8.26. The van der Waals surface area contributed by atoms with Crippen molar-refractivity contribution in [2.45, 2.75) is 45.4 Å². The van der Waals surface area contributed by atoms with E-state index < -0.39 is 0 Å². The van der Waals surface area contributed by atoms with Gasteiger partial charge in [-0.1, -0.05) is 49.3 Å². The first-order valence-corrected chi connectivity index (χ1v) is 10.1. The van der Waals surface area contributed by atoms with Crippen molar-refractivity contribution in [1.29, 1.82) is 0 Å². The Morgan fingerprint density at radius 1 is 1.15 bits per heavy atom. The molecule has 1 fully saturated rings. The summed E-state index contributed by atoms with van der Waals surface area (Å²) < 4.78 is 5.52. The minimum atomic E-state index is 0.251. The summed E-state index contributed by atoms with van der Waals surface area (Å²) in [5.74, 6) is 1.90. The quantitative estimate of drug-likeness (QED) is 0.711. The van der Waals surface area contributed by atoms with Gasteiger partial charge in [0.25, 0.3) is 0 Å². The Morgan fingerprint density at radius 3 is 2.44 bits per heavy atom. The standard InChI is InChI=1S/C21H30N4O2/c1-3-12-25(13-4-2)19(26)16-24-14-10-18(11-15-24)21-22-20(23-27-21)17-8-6-5-7-9-17/h5-9,18H,3-4,10-16H2,1-2H3. The highest BCUT2D eigenvalue weighted by atomic mass is 16.5. The SMILES string of the molecule is CCCN(CCC)C(=O)CN1CCC(c2nc(-c3ccccc3)no2)CC1. The average molecular weight is 370 g/mol. The van der Waals surface area contributed by atoms with Crippen LogP contribution < -0.4 is 0 Å². The van der Waals surface area contributed by atoms with E-state index in [2.05, 4.69) is 28.9 Å². The Labute approximate surface area is 161 Å². The van der Waals surface area contributed by atoms with Gasteiger partial charge in [-0.05, 0) is 38.8 Å². The monoisotopic (exact) mass is 370 g/mol. The Bertz CT molecular complexity index is 702. The van der Waals surface area contributed by atoms with Gasteiger partial charge >= 0.3 is 0 Å². The van der Waals surface area contributed by atoms with E-state index >= 15 is 0 Å². The summed E-state index contributed by atoms with van der Waals surface area (Å²) in [5, 5.41) is 4.13. The van der Waals surface area contributed by atoms with E-state index in [1.165, 1.54) is 0 Å². The van der Waals surface area contributed by atoms with E-state index in [0.29, 0.717) is 12.4 Å². The molecule has 0 atom stereocenters. The van der Waals surface area contributed by atoms with Crippen LogP contribution in [0.4, 0.5) is 0 Å². The van der Waals surface area contributed by atoms with Crippen molar-refractivity contribution in [3.63, 3.8) is 0 Å². The number of hydrogen-bond acceptors (Lipinski definition) is 5. The van der Waals surface area contributed by atoms with E-state index in [1.54, 1.807) is 0 Å². The van der Waals surface area contributed by atoms with Gasteiger partial charge in [-0.2, -0.15) is 4.98 Å². The van der Waals surface area contributed by atoms with Crippen LogP contribution in [0.25, 0.3) is 11.4 Å². The van der Waals surface area contributed by atoms with Crippen molar-refractivity contribution < 1.29 is 9.32 Å². The van der Waals surface area contributed by atoms with E-state index in [0.717, 1.165) is 63.3 Å². The predicted octanol–water partition coefficient (Wildman–Crippen LogP) is 3.56. The molecule has 146 valence electrons. The highest BCUT2D eigenvalue weighted by Gasteiger charge is 2.27. The van der Waals surface area contributed by atoms with Crippen LogP contribution in [0.5, 0.6) is 0 Å². The fourth-order valence-corrected chi connectivity index (χ4v) is 3.64. The summed E-state index contributed by atoms with van der Waals surface area (Å²) in [6.07, 6.45) is 3.92. The molecule has 27 heavy (non-hydrogen) atoms. The van der Waals surface area contributed by atoms with Crippen LogP contribution in [0.1, 0.15) is 51.3 Å². The summed E-state index contributed by atoms with van der Waals surface area (Å²) in [6, 6.07) is 9.90. The molecule has 2 heterocycles. The molecular formula is C21H30N4O2. The lowest BCUT2D eigenvalue weighted by Gasteiger charge is -2.31. The van der Waals surface area contributed by atoms with E-state index in [1.807, 2.05) is 35.2 Å². The normalized spacial score (nSPS) is 15.8. The fraction of sp³-hybridized carbons (Fsp3) is 0.571. The summed E-state index contributed by atoms with van der Waals surface area (Å²) in [4.78, 5) is 21.4. The van der Waals surface area contributed by atoms with Gasteiger partial charge in [0.1, 0.15) is 0 Å². The third kappa shape index (κ3) is 5.16. The maximum atomic E-state index is 12.5. The molecule has 1 aromatic carbocycles. The van der Waals surface area contributed by atoms with Crippen molar-refractivity contribution in [1.82, 2.24) is 19.9 Å². The van der Waals surface area contributed by atoms with Crippen molar-refractivity contribution >= 4 is 5.91 Å². The molecule has 3 rings (SSSR count). The van der Waals surface area contributed by atoms with Crippen LogP contribution in [-0.4, -0.2) is 58.6 Å². The van der Waals surface area contributed by atoms with Crippen molar-refractivity contribution in [3.05, 3.63) is 36.2 Å². The maximum absolute atomic E-state index is 12.5. The zero-order chi connectivity index (χ0) is 19.1. The molecule has 1 saturated heterocycles. The summed E-state index contributed by atoms with van der Waals surface area (Å²) >= 11 is 0. The average Bonchev–Trinajstić information content (AvgIpc) is 3.19.